The number of aromatic nitrogens is 1. The van der Waals surface area contributed by atoms with Gasteiger partial charge < -0.3 is 20.5 Å². The standard InChI is InChI=1S/C34H34N4O2/c1-23-21-28(33(39)35-17-10-20-38-18-7-8-19-38)31(36-23)22-29-32-27(15-9-16-30(32)37-34(29)40)26-14-6-5-13-25(26)24-11-3-2-4-12-24/h2-6,9,11-16,21-22,36H,7-8,10,17-20H2,1H3,(H,35,39)(H,37,40)/b29-22-. The van der Waals surface area contributed by atoms with Gasteiger partial charge in [-0.3, -0.25) is 9.59 Å². The zero-order valence-corrected chi connectivity index (χ0v) is 22.8. The number of carbonyl (C=O) groups excluding carboxylic acids is 2. The van der Waals surface area contributed by atoms with Crippen LogP contribution in [0.2, 0.25) is 0 Å². The van der Waals surface area contributed by atoms with Gasteiger partial charge in [0, 0.05) is 23.5 Å². The molecule has 4 aromatic rings. The number of nitrogens with one attached hydrogen (secondary N) is 3. The number of benzene rings is 3. The van der Waals surface area contributed by atoms with E-state index in [1.807, 2.05) is 61.5 Å². The molecule has 3 aromatic carbocycles. The molecular formula is C34H34N4O2. The number of nitrogens with zero attached hydrogens (tertiary/aromatic N) is 1. The number of rotatable bonds is 8. The Hall–Kier alpha value is -4.42. The second kappa shape index (κ2) is 11.4. The van der Waals surface area contributed by atoms with Gasteiger partial charge in [0.1, 0.15) is 0 Å². The Morgan fingerprint density at radius 3 is 2.45 bits per heavy atom. The molecule has 3 heterocycles. The van der Waals surface area contributed by atoms with Gasteiger partial charge in [0.25, 0.3) is 11.8 Å². The molecule has 0 spiro atoms. The van der Waals surface area contributed by atoms with Crippen LogP contribution in [0.15, 0.2) is 78.9 Å². The van der Waals surface area contributed by atoms with Crippen molar-refractivity contribution in [2.75, 3.05) is 31.5 Å². The van der Waals surface area contributed by atoms with Gasteiger partial charge in [-0.05, 0) is 86.3 Å². The molecule has 202 valence electrons. The molecule has 1 saturated heterocycles. The summed E-state index contributed by atoms with van der Waals surface area (Å²) in [7, 11) is 0. The molecule has 0 radical (unpaired) electrons. The molecule has 40 heavy (non-hydrogen) atoms. The van der Waals surface area contributed by atoms with Gasteiger partial charge in [0.05, 0.1) is 16.8 Å². The summed E-state index contributed by atoms with van der Waals surface area (Å²) < 4.78 is 0. The Kier molecular flexibility index (Phi) is 7.34. The fourth-order valence-electron chi connectivity index (χ4n) is 5.86. The number of hydrogen-bond donors (Lipinski definition) is 3. The summed E-state index contributed by atoms with van der Waals surface area (Å²) in [4.78, 5) is 32.3. The van der Waals surface area contributed by atoms with Gasteiger partial charge >= 0.3 is 0 Å². The molecule has 6 rings (SSSR count). The molecule has 3 N–H and O–H groups in total. The van der Waals surface area contributed by atoms with E-state index in [0.717, 1.165) is 65.3 Å². The first-order chi connectivity index (χ1) is 19.6. The van der Waals surface area contributed by atoms with Gasteiger partial charge in [-0.1, -0.05) is 66.7 Å². The van der Waals surface area contributed by atoms with E-state index in [4.69, 9.17) is 0 Å². The highest BCUT2D eigenvalue weighted by Crippen LogP contribution is 2.43. The van der Waals surface area contributed by atoms with Crippen LogP contribution in [0.25, 0.3) is 33.9 Å². The van der Waals surface area contributed by atoms with Crippen LogP contribution < -0.4 is 10.6 Å². The van der Waals surface area contributed by atoms with Gasteiger partial charge in [-0.2, -0.15) is 0 Å². The third-order valence-corrected chi connectivity index (χ3v) is 7.78. The molecular weight excluding hydrogens is 496 g/mol. The Bertz CT molecular complexity index is 1580. The molecule has 0 unspecified atom stereocenters. The van der Waals surface area contributed by atoms with Crippen LogP contribution in [-0.4, -0.2) is 47.9 Å². The monoisotopic (exact) mass is 530 g/mol. The second-order valence-electron chi connectivity index (χ2n) is 10.6. The number of likely N-dealkylation sites (tertiary alicyclic amines) is 1. The Morgan fingerprint density at radius 2 is 1.65 bits per heavy atom. The molecule has 0 saturated carbocycles. The molecule has 0 atom stereocenters. The van der Waals surface area contributed by atoms with Crippen molar-refractivity contribution >= 4 is 29.2 Å². The molecule has 6 nitrogen and oxygen atoms in total. The smallest absolute Gasteiger partial charge is 0.256 e. The van der Waals surface area contributed by atoms with Gasteiger partial charge in [-0.25, -0.2) is 0 Å². The van der Waals surface area contributed by atoms with Crippen molar-refractivity contribution < 1.29 is 9.59 Å². The minimum Gasteiger partial charge on any atom is -0.358 e. The number of fused-ring (bicyclic) bond motifs is 1. The average Bonchev–Trinajstić information content (AvgIpc) is 3.71. The molecule has 0 bridgehead atoms. The fraction of sp³-hybridized carbons (Fsp3) is 0.235. The lowest BCUT2D eigenvalue weighted by atomic mass is 9.89. The highest BCUT2D eigenvalue weighted by atomic mass is 16.2. The fourth-order valence-corrected chi connectivity index (χ4v) is 5.86. The Labute approximate surface area is 235 Å². The first kappa shape index (κ1) is 25.8. The second-order valence-corrected chi connectivity index (χ2v) is 10.6. The van der Waals surface area contributed by atoms with Crippen molar-refractivity contribution in [2.45, 2.75) is 26.2 Å². The van der Waals surface area contributed by atoms with Gasteiger partial charge in [0.15, 0.2) is 0 Å². The van der Waals surface area contributed by atoms with Crippen molar-refractivity contribution in [1.29, 1.82) is 0 Å². The minimum absolute atomic E-state index is 0.126. The highest BCUT2D eigenvalue weighted by molar-refractivity contribution is 6.36. The lowest BCUT2D eigenvalue weighted by Gasteiger charge is -2.14. The van der Waals surface area contributed by atoms with E-state index >= 15 is 0 Å². The average molecular weight is 531 g/mol. The maximum absolute atomic E-state index is 13.3. The van der Waals surface area contributed by atoms with E-state index in [1.165, 1.54) is 12.8 Å². The summed E-state index contributed by atoms with van der Waals surface area (Å²) in [5, 5.41) is 6.11. The SMILES string of the molecule is Cc1cc(C(=O)NCCCN2CCCC2)c(/C=C2\C(=O)Nc3cccc(-c4ccccc4-c4ccccc4)c32)[nH]1. The zero-order chi connectivity index (χ0) is 27.5. The van der Waals surface area contributed by atoms with E-state index in [2.05, 4.69) is 50.8 Å². The van der Waals surface area contributed by atoms with E-state index < -0.39 is 0 Å². The Morgan fingerprint density at radius 1 is 0.925 bits per heavy atom. The zero-order valence-electron chi connectivity index (χ0n) is 22.8. The van der Waals surface area contributed by atoms with Gasteiger partial charge in [0.2, 0.25) is 0 Å². The molecule has 2 aliphatic heterocycles. The van der Waals surface area contributed by atoms with Crippen LogP contribution in [-0.2, 0) is 4.79 Å². The molecule has 2 aliphatic rings. The van der Waals surface area contributed by atoms with Crippen molar-refractivity contribution in [3.05, 3.63) is 101 Å². The molecule has 2 amide bonds. The van der Waals surface area contributed by atoms with Crippen LogP contribution in [0.5, 0.6) is 0 Å². The van der Waals surface area contributed by atoms with Crippen LogP contribution in [0.1, 0.15) is 46.6 Å². The minimum atomic E-state index is -0.177. The maximum Gasteiger partial charge on any atom is 0.256 e. The van der Waals surface area contributed by atoms with Crippen LogP contribution >= 0.6 is 0 Å². The number of H-pyrrole nitrogens is 1. The summed E-state index contributed by atoms with van der Waals surface area (Å²) >= 11 is 0. The lowest BCUT2D eigenvalue weighted by Crippen LogP contribution is -2.28. The summed E-state index contributed by atoms with van der Waals surface area (Å²) in [6.07, 6.45) is 5.28. The third-order valence-electron chi connectivity index (χ3n) is 7.78. The van der Waals surface area contributed by atoms with Crippen LogP contribution in [0, 0.1) is 6.92 Å². The lowest BCUT2D eigenvalue weighted by molar-refractivity contribution is -0.110. The quantitative estimate of drug-likeness (QED) is 0.183. The van der Waals surface area contributed by atoms with Crippen molar-refractivity contribution in [1.82, 2.24) is 15.2 Å². The largest absolute Gasteiger partial charge is 0.358 e. The van der Waals surface area contributed by atoms with E-state index in [-0.39, 0.29) is 11.8 Å². The molecule has 6 heteroatoms. The molecule has 0 aliphatic carbocycles. The topological polar surface area (TPSA) is 77.2 Å². The van der Waals surface area contributed by atoms with Crippen molar-refractivity contribution in [2.24, 2.45) is 0 Å². The summed E-state index contributed by atoms with van der Waals surface area (Å²) in [6.45, 7) is 5.87. The number of amides is 2. The summed E-state index contributed by atoms with van der Waals surface area (Å²) in [5.41, 5.74) is 8.45. The summed E-state index contributed by atoms with van der Waals surface area (Å²) in [6, 6.07) is 26.3. The predicted octanol–water partition coefficient (Wildman–Crippen LogP) is 6.37. The Balaban J connectivity index is 1.32. The molecule has 1 aromatic heterocycles. The molecule has 1 fully saturated rings. The normalized spacial score (nSPS) is 15.8. The van der Waals surface area contributed by atoms with E-state index in [9.17, 15) is 9.59 Å². The third kappa shape index (κ3) is 5.23. The summed E-state index contributed by atoms with van der Waals surface area (Å²) in [5.74, 6) is -0.303. The maximum atomic E-state index is 13.3. The number of carbonyl (C=O) groups is 2. The van der Waals surface area contributed by atoms with E-state index in [1.54, 1.807) is 0 Å². The number of anilines is 1. The number of aryl methyl sites for hydroxylation is 1. The number of aromatic amines is 1. The predicted molar refractivity (Wildman–Crippen MR) is 162 cm³/mol. The van der Waals surface area contributed by atoms with E-state index in [0.29, 0.717) is 23.4 Å². The van der Waals surface area contributed by atoms with Crippen LogP contribution in [0.3, 0.4) is 0 Å². The highest BCUT2D eigenvalue weighted by Gasteiger charge is 2.29. The van der Waals surface area contributed by atoms with Crippen molar-refractivity contribution in [3.8, 4) is 22.3 Å². The van der Waals surface area contributed by atoms with Crippen LogP contribution in [0.4, 0.5) is 5.69 Å². The number of hydrogen-bond acceptors (Lipinski definition) is 3. The first-order valence-electron chi connectivity index (χ1n) is 14.1. The first-order valence-corrected chi connectivity index (χ1v) is 14.1. The van der Waals surface area contributed by atoms with Crippen molar-refractivity contribution in [3.63, 3.8) is 0 Å². The van der Waals surface area contributed by atoms with Gasteiger partial charge in [-0.15, -0.1) is 0 Å².